The number of fused-ring (bicyclic) bond motifs is 1. The third-order valence-corrected chi connectivity index (χ3v) is 7.44. The standard InChI is InChI=1S/C23H22Cl2N6O4S/c24-16-11-17(25)13-19(12-16)36(34,35)31(14-23(32)33)18-2-3-20-15(10-18)6-9-30(20)22-5-4-21(28-29-22)27-8-1-7-26/h2-6,9-13H,1,7-8,14,26H2,(H,27,28)(H,32,33). The van der Waals surface area contributed by atoms with Gasteiger partial charge in [-0.05, 0) is 67.6 Å². The number of sulfonamides is 1. The Morgan fingerprint density at radius 3 is 2.44 bits per heavy atom. The van der Waals surface area contributed by atoms with E-state index in [1.807, 2.05) is 0 Å². The van der Waals surface area contributed by atoms with Crippen LogP contribution in [0, 0.1) is 0 Å². The van der Waals surface area contributed by atoms with E-state index in [9.17, 15) is 18.3 Å². The fourth-order valence-electron chi connectivity index (χ4n) is 3.59. The lowest BCUT2D eigenvalue weighted by Crippen LogP contribution is -2.35. The molecule has 188 valence electrons. The Balaban J connectivity index is 1.69. The van der Waals surface area contributed by atoms with E-state index in [0.717, 1.165) is 16.2 Å². The zero-order chi connectivity index (χ0) is 25.9. The Morgan fingerprint density at radius 1 is 1.06 bits per heavy atom. The lowest BCUT2D eigenvalue weighted by atomic mass is 10.2. The first-order chi connectivity index (χ1) is 17.2. The minimum atomic E-state index is -4.28. The third kappa shape index (κ3) is 5.54. The maximum atomic E-state index is 13.4. The van der Waals surface area contributed by atoms with Gasteiger partial charge < -0.3 is 16.2 Å². The summed E-state index contributed by atoms with van der Waals surface area (Å²) in [6.07, 6.45) is 2.58. The van der Waals surface area contributed by atoms with Gasteiger partial charge in [0.15, 0.2) is 5.82 Å². The molecule has 0 spiro atoms. The van der Waals surface area contributed by atoms with Crippen molar-refractivity contribution >= 4 is 61.6 Å². The number of carboxylic acids is 1. The fourth-order valence-corrected chi connectivity index (χ4v) is 5.73. The Bertz CT molecular complexity index is 1490. The number of hydrogen-bond donors (Lipinski definition) is 3. The van der Waals surface area contributed by atoms with Crippen LogP contribution in [0.1, 0.15) is 6.42 Å². The summed E-state index contributed by atoms with van der Waals surface area (Å²) in [7, 11) is -4.28. The highest BCUT2D eigenvalue weighted by Gasteiger charge is 2.28. The van der Waals surface area contributed by atoms with Crippen LogP contribution in [0.2, 0.25) is 10.0 Å². The minimum absolute atomic E-state index is 0.116. The normalized spacial score (nSPS) is 11.5. The predicted molar refractivity (Wildman–Crippen MR) is 140 cm³/mol. The molecule has 0 amide bonds. The first-order valence-electron chi connectivity index (χ1n) is 10.8. The molecule has 13 heteroatoms. The van der Waals surface area contributed by atoms with Crippen molar-refractivity contribution < 1.29 is 18.3 Å². The number of hydrogen-bond acceptors (Lipinski definition) is 7. The maximum absolute atomic E-state index is 13.4. The minimum Gasteiger partial charge on any atom is -0.480 e. The molecule has 36 heavy (non-hydrogen) atoms. The van der Waals surface area contributed by atoms with E-state index in [1.54, 1.807) is 41.1 Å². The van der Waals surface area contributed by atoms with Crippen LogP contribution < -0.4 is 15.4 Å². The average molecular weight is 549 g/mol. The molecule has 2 aromatic heterocycles. The molecule has 0 saturated heterocycles. The van der Waals surface area contributed by atoms with Gasteiger partial charge in [-0.1, -0.05) is 23.2 Å². The van der Waals surface area contributed by atoms with Crippen molar-refractivity contribution in [1.29, 1.82) is 0 Å². The SMILES string of the molecule is NCCCNc1ccc(-n2ccc3cc(N(CC(=O)O)S(=O)(=O)c4cc(Cl)cc(Cl)c4)ccc32)nn1. The van der Waals surface area contributed by atoms with Crippen LogP contribution in [-0.2, 0) is 14.8 Å². The van der Waals surface area contributed by atoms with Gasteiger partial charge in [-0.2, -0.15) is 0 Å². The summed E-state index contributed by atoms with van der Waals surface area (Å²) in [5.74, 6) is -0.132. The van der Waals surface area contributed by atoms with Crippen LogP contribution in [0.15, 0.2) is 65.7 Å². The summed E-state index contributed by atoms with van der Waals surface area (Å²) < 4.78 is 29.3. The van der Waals surface area contributed by atoms with Crippen molar-refractivity contribution in [2.75, 3.05) is 29.3 Å². The number of anilines is 2. The number of nitrogens with two attached hydrogens (primary N) is 1. The van der Waals surface area contributed by atoms with Gasteiger partial charge in [-0.3, -0.25) is 13.7 Å². The summed E-state index contributed by atoms with van der Waals surface area (Å²) >= 11 is 12.0. The van der Waals surface area contributed by atoms with Crippen molar-refractivity contribution in [1.82, 2.24) is 14.8 Å². The predicted octanol–water partition coefficient (Wildman–Crippen LogP) is 3.77. The smallest absolute Gasteiger partial charge is 0.324 e. The molecule has 4 N–H and O–H groups in total. The summed E-state index contributed by atoms with van der Waals surface area (Å²) in [5, 5.41) is 21.9. The number of carboxylic acid groups (broad SMARTS) is 1. The zero-order valence-corrected chi connectivity index (χ0v) is 21.1. The molecule has 2 aromatic carbocycles. The fraction of sp³-hybridized carbons (Fsp3) is 0.174. The summed E-state index contributed by atoms with van der Waals surface area (Å²) in [6.45, 7) is 0.480. The zero-order valence-electron chi connectivity index (χ0n) is 18.8. The van der Waals surface area contributed by atoms with E-state index in [1.165, 1.54) is 24.3 Å². The molecule has 0 fully saturated rings. The van der Waals surface area contributed by atoms with Gasteiger partial charge in [0, 0.05) is 28.2 Å². The molecule has 0 aliphatic rings. The Hall–Kier alpha value is -3.38. The second-order valence-electron chi connectivity index (χ2n) is 7.79. The van der Waals surface area contributed by atoms with Gasteiger partial charge in [0.1, 0.15) is 12.4 Å². The van der Waals surface area contributed by atoms with Gasteiger partial charge in [0.2, 0.25) is 0 Å². The van der Waals surface area contributed by atoms with Crippen LogP contribution in [0.4, 0.5) is 11.5 Å². The topological polar surface area (TPSA) is 143 Å². The largest absolute Gasteiger partial charge is 0.480 e. The van der Waals surface area contributed by atoms with Gasteiger partial charge in [-0.15, -0.1) is 10.2 Å². The molecule has 0 saturated carbocycles. The molecule has 0 aliphatic heterocycles. The van der Waals surface area contributed by atoms with Gasteiger partial charge >= 0.3 is 5.97 Å². The molecular weight excluding hydrogens is 527 g/mol. The molecule has 0 aliphatic carbocycles. The summed E-state index contributed by atoms with van der Waals surface area (Å²) in [5.41, 5.74) is 6.40. The van der Waals surface area contributed by atoms with Gasteiger partial charge in [0.25, 0.3) is 10.0 Å². The van der Waals surface area contributed by atoms with Crippen LogP contribution in [0.5, 0.6) is 0 Å². The van der Waals surface area contributed by atoms with E-state index in [0.29, 0.717) is 30.1 Å². The molecule has 10 nitrogen and oxygen atoms in total. The number of halogens is 2. The maximum Gasteiger partial charge on any atom is 0.324 e. The third-order valence-electron chi connectivity index (χ3n) is 5.25. The molecule has 0 bridgehead atoms. The van der Waals surface area contributed by atoms with Crippen molar-refractivity contribution in [3.8, 4) is 5.82 Å². The summed E-state index contributed by atoms with van der Waals surface area (Å²) in [4.78, 5) is 11.4. The number of aliphatic carboxylic acids is 1. The quantitative estimate of drug-likeness (QED) is 0.254. The first kappa shape index (κ1) is 25.7. The van der Waals surface area contributed by atoms with E-state index in [2.05, 4.69) is 15.5 Å². The summed E-state index contributed by atoms with van der Waals surface area (Å²) in [6, 6.07) is 14.0. The van der Waals surface area contributed by atoms with Crippen LogP contribution in [-0.4, -0.2) is 53.9 Å². The highest BCUT2D eigenvalue weighted by atomic mass is 35.5. The molecular formula is C23H22Cl2N6O4S. The van der Waals surface area contributed by atoms with Gasteiger partial charge in [-0.25, -0.2) is 8.42 Å². The van der Waals surface area contributed by atoms with E-state index >= 15 is 0 Å². The first-order valence-corrected chi connectivity index (χ1v) is 13.0. The number of nitrogens with one attached hydrogen (secondary N) is 1. The van der Waals surface area contributed by atoms with Crippen molar-refractivity contribution in [3.05, 3.63) is 70.8 Å². The van der Waals surface area contributed by atoms with Crippen LogP contribution >= 0.6 is 23.2 Å². The number of rotatable bonds is 10. The lowest BCUT2D eigenvalue weighted by Gasteiger charge is -2.23. The van der Waals surface area contributed by atoms with E-state index in [4.69, 9.17) is 28.9 Å². The molecule has 0 radical (unpaired) electrons. The number of benzene rings is 2. The van der Waals surface area contributed by atoms with E-state index < -0.39 is 22.5 Å². The van der Waals surface area contributed by atoms with Crippen LogP contribution in [0.3, 0.4) is 0 Å². The van der Waals surface area contributed by atoms with E-state index in [-0.39, 0.29) is 20.6 Å². The average Bonchev–Trinajstić information content (AvgIpc) is 3.25. The molecule has 0 atom stereocenters. The molecule has 0 unspecified atom stereocenters. The monoisotopic (exact) mass is 548 g/mol. The van der Waals surface area contributed by atoms with Crippen molar-refractivity contribution in [2.24, 2.45) is 5.73 Å². The second kappa shape index (κ2) is 10.7. The number of aromatic nitrogens is 3. The molecule has 4 rings (SSSR count). The number of carbonyl (C=O) groups is 1. The Labute approximate surface area is 217 Å². The van der Waals surface area contributed by atoms with Crippen molar-refractivity contribution in [3.63, 3.8) is 0 Å². The lowest BCUT2D eigenvalue weighted by molar-refractivity contribution is -0.135. The molecule has 4 aromatic rings. The van der Waals surface area contributed by atoms with Crippen molar-refractivity contribution in [2.45, 2.75) is 11.3 Å². The molecule has 2 heterocycles. The highest BCUT2D eigenvalue weighted by Crippen LogP contribution is 2.31. The Morgan fingerprint density at radius 2 is 1.81 bits per heavy atom. The second-order valence-corrected chi connectivity index (χ2v) is 10.5. The van der Waals surface area contributed by atoms with Gasteiger partial charge in [0.05, 0.1) is 16.1 Å². The van der Waals surface area contributed by atoms with Crippen LogP contribution in [0.25, 0.3) is 16.7 Å². The number of nitrogens with zero attached hydrogens (tertiary/aromatic N) is 4. The Kier molecular flexibility index (Phi) is 7.65. The highest BCUT2D eigenvalue weighted by molar-refractivity contribution is 7.92.